The maximum absolute atomic E-state index is 12.3. The Bertz CT molecular complexity index is 652. The molecule has 1 fully saturated rings. The molecule has 0 radical (unpaired) electrons. The van der Waals surface area contributed by atoms with Gasteiger partial charge in [-0.05, 0) is 24.3 Å². The average molecular weight is 332 g/mol. The Hall–Kier alpha value is -1.45. The van der Waals surface area contributed by atoms with Gasteiger partial charge >= 0.3 is 5.97 Å². The maximum Gasteiger partial charge on any atom is 0.340 e. The molecule has 1 saturated heterocycles. The average Bonchev–Trinajstić information content (AvgIpc) is 3.05. The van der Waals surface area contributed by atoms with Crippen LogP contribution in [0.4, 0.5) is 5.00 Å². The lowest BCUT2D eigenvalue weighted by atomic mass is 10.2. The third-order valence-electron chi connectivity index (χ3n) is 3.24. The molecule has 0 saturated carbocycles. The molecule has 0 aromatic carbocycles. The molecule has 9 heteroatoms. The first-order valence-corrected chi connectivity index (χ1v) is 9.01. The number of methoxy groups -OCH3 is 1. The van der Waals surface area contributed by atoms with Gasteiger partial charge in [0.25, 0.3) is 0 Å². The van der Waals surface area contributed by atoms with Crippen molar-refractivity contribution in [2.75, 3.05) is 25.2 Å². The predicted molar refractivity (Wildman–Crippen MR) is 78.9 cm³/mol. The van der Waals surface area contributed by atoms with Crippen LogP contribution in [0.3, 0.4) is 0 Å². The van der Waals surface area contributed by atoms with Crippen molar-refractivity contribution in [3.63, 3.8) is 0 Å². The summed E-state index contributed by atoms with van der Waals surface area (Å²) in [6.07, 6.45) is 2.20. The molecule has 2 rings (SSSR count). The number of ether oxygens (including phenoxy) is 1. The van der Waals surface area contributed by atoms with E-state index in [0.717, 1.165) is 6.26 Å². The van der Waals surface area contributed by atoms with Crippen molar-refractivity contribution in [1.29, 1.82) is 0 Å². The van der Waals surface area contributed by atoms with Crippen molar-refractivity contribution in [1.82, 2.24) is 4.31 Å². The Balaban J connectivity index is 2.15. The number of esters is 1. The number of carbonyl (C=O) groups is 2. The highest BCUT2D eigenvalue weighted by atomic mass is 32.2. The highest BCUT2D eigenvalue weighted by Gasteiger charge is 2.36. The molecule has 1 aliphatic heterocycles. The molecule has 1 atom stereocenters. The first-order valence-electron chi connectivity index (χ1n) is 6.28. The molecule has 0 aliphatic carbocycles. The van der Waals surface area contributed by atoms with Crippen molar-refractivity contribution in [3.8, 4) is 0 Å². The van der Waals surface area contributed by atoms with Gasteiger partial charge in [0, 0.05) is 6.54 Å². The number of carbonyl (C=O) groups excluding carboxylic acids is 2. The van der Waals surface area contributed by atoms with Gasteiger partial charge in [-0.1, -0.05) is 0 Å². The van der Waals surface area contributed by atoms with Gasteiger partial charge in [0.1, 0.15) is 11.0 Å². The van der Waals surface area contributed by atoms with Gasteiger partial charge in [-0.2, -0.15) is 4.31 Å². The minimum Gasteiger partial charge on any atom is -0.465 e. The smallest absolute Gasteiger partial charge is 0.340 e. The van der Waals surface area contributed by atoms with E-state index in [2.05, 4.69) is 10.1 Å². The van der Waals surface area contributed by atoms with Gasteiger partial charge in [-0.3, -0.25) is 4.79 Å². The van der Waals surface area contributed by atoms with E-state index in [9.17, 15) is 18.0 Å². The van der Waals surface area contributed by atoms with Crippen molar-refractivity contribution in [3.05, 3.63) is 17.0 Å². The summed E-state index contributed by atoms with van der Waals surface area (Å²) >= 11 is 1.19. The molecule has 0 spiro atoms. The van der Waals surface area contributed by atoms with Crippen LogP contribution in [0.5, 0.6) is 0 Å². The summed E-state index contributed by atoms with van der Waals surface area (Å²) in [6, 6.07) is 0.822. The highest BCUT2D eigenvalue weighted by molar-refractivity contribution is 7.88. The normalized spacial score (nSPS) is 19.4. The lowest BCUT2D eigenvalue weighted by molar-refractivity contribution is -0.119. The van der Waals surface area contributed by atoms with E-state index in [1.54, 1.807) is 11.4 Å². The van der Waals surface area contributed by atoms with Crippen molar-refractivity contribution in [2.45, 2.75) is 18.9 Å². The lowest BCUT2D eigenvalue weighted by Gasteiger charge is -2.21. The van der Waals surface area contributed by atoms with Crippen LogP contribution in [0, 0.1) is 0 Å². The summed E-state index contributed by atoms with van der Waals surface area (Å²) < 4.78 is 29.1. The molecule has 0 bridgehead atoms. The third kappa shape index (κ3) is 3.42. The number of nitrogens with one attached hydrogen (secondary N) is 1. The summed E-state index contributed by atoms with van der Waals surface area (Å²) in [5, 5.41) is 4.65. The monoisotopic (exact) mass is 332 g/mol. The van der Waals surface area contributed by atoms with Gasteiger partial charge < -0.3 is 10.1 Å². The molecule has 2 heterocycles. The fourth-order valence-corrected chi connectivity index (χ4v) is 4.17. The summed E-state index contributed by atoms with van der Waals surface area (Å²) in [6.45, 7) is 0.339. The van der Waals surface area contributed by atoms with Crippen LogP contribution >= 0.6 is 11.3 Å². The Morgan fingerprint density at radius 2 is 2.19 bits per heavy atom. The quantitative estimate of drug-likeness (QED) is 0.827. The third-order valence-corrected chi connectivity index (χ3v) is 5.36. The molecule has 1 aliphatic rings. The van der Waals surface area contributed by atoms with Gasteiger partial charge in [0.15, 0.2) is 0 Å². The molecule has 21 heavy (non-hydrogen) atoms. The van der Waals surface area contributed by atoms with Gasteiger partial charge in [-0.15, -0.1) is 11.3 Å². The zero-order valence-corrected chi connectivity index (χ0v) is 13.3. The van der Waals surface area contributed by atoms with Crippen LogP contribution in [0.25, 0.3) is 0 Å². The summed E-state index contributed by atoms with van der Waals surface area (Å²) in [4.78, 5) is 23.8. The van der Waals surface area contributed by atoms with Crippen molar-refractivity contribution in [2.24, 2.45) is 0 Å². The van der Waals surface area contributed by atoms with E-state index in [0.29, 0.717) is 24.4 Å². The van der Waals surface area contributed by atoms with E-state index in [-0.39, 0.29) is 5.56 Å². The van der Waals surface area contributed by atoms with Crippen LogP contribution in [-0.2, 0) is 19.6 Å². The number of nitrogens with zero attached hydrogens (tertiary/aromatic N) is 1. The predicted octanol–water partition coefficient (Wildman–Crippen LogP) is 0.897. The number of hydrogen-bond acceptors (Lipinski definition) is 6. The Kier molecular flexibility index (Phi) is 4.64. The number of rotatable bonds is 4. The number of anilines is 1. The standard InChI is InChI=1S/C12H16N2O5S2/c1-19-12(16)8-5-7-20-11(8)13-10(15)9-4-3-6-14(9)21(2,17)18/h5,7,9H,3-4,6H2,1-2H3,(H,13,15). The molecule has 1 aromatic rings. The van der Waals surface area contributed by atoms with E-state index in [1.165, 1.54) is 22.8 Å². The zero-order valence-electron chi connectivity index (χ0n) is 11.7. The highest BCUT2D eigenvalue weighted by Crippen LogP contribution is 2.26. The zero-order chi connectivity index (χ0) is 15.6. The first-order chi connectivity index (χ1) is 9.84. The van der Waals surface area contributed by atoms with E-state index >= 15 is 0 Å². The summed E-state index contributed by atoms with van der Waals surface area (Å²) in [5.74, 6) is -0.969. The van der Waals surface area contributed by atoms with Crippen LogP contribution < -0.4 is 5.32 Å². The van der Waals surface area contributed by atoms with Gasteiger partial charge in [0.05, 0.1) is 18.9 Å². The lowest BCUT2D eigenvalue weighted by Crippen LogP contribution is -2.42. The second kappa shape index (κ2) is 6.12. The number of hydrogen-bond donors (Lipinski definition) is 1. The SMILES string of the molecule is COC(=O)c1ccsc1NC(=O)C1CCCN1S(C)(=O)=O. The van der Waals surface area contributed by atoms with Crippen molar-refractivity contribution >= 4 is 38.2 Å². The largest absolute Gasteiger partial charge is 0.465 e. The number of thiophene rings is 1. The Morgan fingerprint density at radius 3 is 2.81 bits per heavy atom. The van der Waals surface area contributed by atoms with Gasteiger partial charge in [0.2, 0.25) is 15.9 Å². The van der Waals surface area contributed by atoms with Crippen LogP contribution in [0.15, 0.2) is 11.4 Å². The molecule has 7 nitrogen and oxygen atoms in total. The van der Waals surface area contributed by atoms with Crippen molar-refractivity contribution < 1.29 is 22.7 Å². The second-order valence-electron chi connectivity index (χ2n) is 4.68. The molecular formula is C12H16N2O5S2. The molecule has 1 unspecified atom stereocenters. The Morgan fingerprint density at radius 1 is 1.48 bits per heavy atom. The molecule has 1 aromatic heterocycles. The van der Waals surface area contributed by atoms with E-state index in [4.69, 9.17) is 0 Å². The number of sulfonamides is 1. The van der Waals surface area contributed by atoms with E-state index < -0.39 is 27.9 Å². The minimum absolute atomic E-state index is 0.264. The fraction of sp³-hybridized carbons (Fsp3) is 0.500. The van der Waals surface area contributed by atoms with Gasteiger partial charge in [-0.25, -0.2) is 13.2 Å². The summed E-state index contributed by atoms with van der Waals surface area (Å²) in [7, 11) is -2.16. The molecule has 116 valence electrons. The fourth-order valence-electron chi connectivity index (χ4n) is 2.27. The topological polar surface area (TPSA) is 92.8 Å². The molecule has 1 amide bonds. The Labute approximate surface area is 126 Å². The summed E-state index contributed by atoms with van der Waals surface area (Å²) in [5.41, 5.74) is 0.264. The maximum atomic E-state index is 12.3. The van der Waals surface area contributed by atoms with Crippen LogP contribution in [0.1, 0.15) is 23.2 Å². The number of amides is 1. The first kappa shape index (κ1) is 15.9. The minimum atomic E-state index is -3.42. The molecular weight excluding hydrogens is 316 g/mol. The molecule has 1 N–H and O–H groups in total. The van der Waals surface area contributed by atoms with Crippen LogP contribution in [-0.4, -0.2) is 50.6 Å². The van der Waals surface area contributed by atoms with E-state index in [1.807, 2.05) is 0 Å². The van der Waals surface area contributed by atoms with Crippen LogP contribution in [0.2, 0.25) is 0 Å². The second-order valence-corrected chi connectivity index (χ2v) is 7.53.